The Balaban J connectivity index is 1.95. The molecule has 78 valence electrons. The van der Waals surface area contributed by atoms with Crippen LogP contribution in [0.5, 0.6) is 0 Å². The number of thioether (sulfide) groups is 1. The summed E-state index contributed by atoms with van der Waals surface area (Å²) >= 11 is 3.85. The van der Waals surface area contributed by atoms with Gasteiger partial charge in [0, 0.05) is 23.1 Å². The fourth-order valence-corrected chi connectivity index (χ4v) is 3.99. The second-order valence-electron chi connectivity index (χ2n) is 3.79. The maximum atomic E-state index is 5.77. The van der Waals surface area contributed by atoms with E-state index in [1.54, 1.807) is 11.3 Å². The van der Waals surface area contributed by atoms with Crippen molar-refractivity contribution in [1.82, 2.24) is 4.98 Å². The number of aromatic nitrogens is 1. The number of hydrogen-bond acceptors (Lipinski definition) is 4. The Hall–Kier alpha value is -0.0600. The third-order valence-corrected chi connectivity index (χ3v) is 4.75. The molecular weight excluding hydrogens is 212 g/mol. The Morgan fingerprint density at radius 2 is 2.57 bits per heavy atom. The molecule has 1 aliphatic rings. The molecule has 1 fully saturated rings. The molecule has 0 amide bonds. The van der Waals surface area contributed by atoms with Crippen molar-refractivity contribution in [2.45, 2.75) is 37.5 Å². The minimum atomic E-state index is 0.0798. The van der Waals surface area contributed by atoms with Crippen LogP contribution in [-0.4, -0.2) is 16.0 Å². The van der Waals surface area contributed by atoms with Crippen LogP contribution < -0.4 is 5.73 Å². The third kappa shape index (κ3) is 2.49. The van der Waals surface area contributed by atoms with E-state index in [4.69, 9.17) is 5.73 Å². The van der Waals surface area contributed by atoms with Gasteiger partial charge in [0.05, 0.1) is 10.7 Å². The van der Waals surface area contributed by atoms with Crippen LogP contribution >= 0.6 is 23.1 Å². The molecule has 2 N–H and O–H groups in total. The van der Waals surface area contributed by atoms with E-state index in [0.29, 0.717) is 0 Å². The summed E-state index contributed by atoms with van der Waals surface area (Å²) in [6.45, 7) is 1.99. The molecule has 1 aromatic heterocycles. The van der Waals surface area contributed by atoms with Gasteiger partial charge in [0.1, 0.15) is 0 Å². The van der Waals surface area contributed by atoms with Crippen LogP contribution in [0.4, 0.5) is 0 Å². The summed E-state index contributed by atoms with van der Waals surface area (Å²) in [5, 5.41) is 4.17. The van der Waals surface area contributed by atoms with Crippen LogP contribution in [0.1, 0.15) is 36.5 Å². The average Bonchev–Trinajstić information content (AvgIpc) is 2.75. The zero-order valence-electron chi connectivity index (χ0n) is 8.40. The normalized spacial score (nSPS) is 24.0. The molecule has 1 aliphatic heterocycles. The monoisotopic (exact) mass is 228 g/mol. The Labute approximate surface area is 93.3 Å². The fraction of sp³-hybridized carbons (Fsp3) is 0.700. The molecule has 0 saturated carbocycles. The van der Waals surface area contributed by atoms with Gasteiger partial charge in [-0.15, -0.1) is 11.3 Å². The van der Waals surface area contributed by atoms with Crippen LogP contribution in [0.2, 0.25) is 0 Å². The topological polar surface area (TPSA) is 38.9 Å². The molecular formula is C10H16N2S2. The largest absolute Gasteiger partial charge is 0.323 e. The smallest absolute Gasteiger partial charge is 0.0940 e. The lowest BCUT2D eigenvalue weighted by Crippen LogP contribution is -2.06. The highest BCUT2D eigenvalue weighted by molar-refractivity contribution is 8.00. The van der Waals surface area contributed by atoms with Gasteiger partial charge in [-0.2, -0.15) is 11.8 Å². The van der Waals surface area contributed by atoms with Crippen LogP contribution in [0.3, 0.4) is 0 Å². The number of nitrogens with zero attached hydrogens (tertiary/aromatic N) is 1. The predicted molar refractivity (Wildman–Crippen MR) is 63.9 cm³/mol. The van der Waals surface area contributed by atoms with Gasteiger partial charge in [-0.1, -0.05) is 0 Å². The summed E-state index contributed by atoms with van der Waals surface area (Å²) in [6, 6.07) is 0.0798. The number of thiazole rings is 1. The van der Waals surface area contributed by atoms with E-state index < -0.39 is 0 Å². The van der Waals surface area contributed by atoms with Gasteiger partial charge >= 0.3 is 0 Å². The Kier molecular flexibility index (Phi) is 3.47. The molecule has 14 heavy (non-hydrogen) atoms. The summed E-state index contributed by atoms with van der Waals surface area (Å²) in [5.41, 5.74) is 6.82. The van der Waals surface area contributed by atoms with E-state index >= 15 is 0 Å². The number of rotatable bonds is 3. The number of hydrogen-bond donors (Lipinski definition) is 1. The van der Waals surface area contributed by atoms with Crippen molar-refractivity contribution in [1.29, 1.82) is 0 Å². The Bertz CT molecular complexity index is 290. The lowest BCUT2D eigenvalue weighted by atomic mass is 10.2. The summed E-state index contributed by atoms with van der Waals surface area (Å²) in [5.74, 6) is 1.33. The molecule has 0 aromatic carbocycles. The zero-order valence-corrected chi connectivity index (χ0v) is 10.0. The predicted octanol–water partition coefficient (Wildman–Crippen LogP) is 2.60. The first-order valence-corrected chi connectivity index (χ1v) is 7.00. The molecule has 2 atom stereocenters. The molecule has 2 nitrogen and oxygen atoms in total. The highest BCUT2D eigenvalue weighted by Gasteiger charge is 2.17. The summed E-state index contributed by atoms with van der Waals surface area (Å²) in [7, 11) is 0. The maximum absolute atomic E-state index is 5.77. The van der Waals surface area contributed by atoms with Gasteiger partial charge < -0.3 is 5.73 Å². The summed E-state index contributed by atoms with van der Waals surface area (Å²) < 4.78 is 0. The molecule has 0 aliphatic carbocycles. The highest BCUT2D eigenvalue weighted by Crippen LogP contribution is 2.30. The van der Waals surface area contributed by atoms with Crippen LogP contribution in [-0.2, 0) is 6.42 Å². The van der Waals surface area contributed by atoms with Crippen molar-refractivity contribution in [2.75, 3.05) is 5.75 Å². The van der Waals surface area contributed by atoms with Crippen molar-refractivity contribution in [3.05, 3.63) is 16.1 Å². The van der Waals surface area contributed by atoms with Crippen LogP contribution in [0.25, 0.3) is 0 Å². The van der Waals surface area contributed by atoms with E-state index in [-0.39, 0.29) is 6.04 Å². The van der Waals surface area contributed by atoms with Crippen molar-refractivity contribution in [3.8, 4) is 0 Å². The maximum Gasteiger partial charge on any atom is 0.0940 e. The first-order chi connectivity index (χ1) is 6.75. The lowest BCUT2D eigenvalue weighted by Gasteiger charge is -2.04. The molecule has 1 saturated heterocycles. The van der Waals surface area contributed by atoms with Gasteiger partial charge in [-0.05, 0) is 25.5 Å². The first kappa shape index (κ1) is 10.5. The van der Waals surface area contributed by atoms with Crippen LogP contribution in [0, 0.1) is 0 Å². The minimum absolute atomic E-state index is 0.0798. The van der Waals surface area contributed by atoms with E-state index in [1.165, 1.54) is 23.6 Å². The first-order valence-electron chi connectivity index (χ1n) is 5.07. The van der Waals surface area contributed by atoms with Crippen LogP contribution in [0.15, 0.2) is 5.38 Å². The molecule has 2 rings (SSSR count). The Morgan fingerprint density at radius 1 is 1.71 bits per heavy atom. The van der Waals surface area contributed by atoms with E-state index in [2.05, 4.69) is 22.1 Å². The third-order valence-electron chi connectivity index (χ3n) is 2.46. The molecule has 0 bridgehead atoms. The summed E-state index contributed by atoms with van der Waals surface area (Å²) in [4.78, 5) is 4.55. The average molecular weight is 228 g/mol. The van der Waals surface area contributed by atoms with Gasteiger partial charge in [-0.25, -0.2) is 4.98 Å². The molecule has 4 heteroatoms. The van der Waals surface area contributed by atoms with E-state index in [0.717, 1.165) is 17.4 Å². The lowest BCUT2D eigenvalue weighted by molar-refractivity contribution is 0.752. The number of nitrogens with two attached hydrogens (primary N) is 1. The molecule has 2 unspecified atom stereocenters. The summed E-state index contributed by atoms with van der Waals surface area (Å²) in [6.07, 6.45) is 3.88. The second kappa shape index (κ2) is 4.64. The molecule has 1 aromatic rings. The SMILES string of the molecule is CC(N)c1csc(CC2CCCS2)n1. The van der Waals surface area contributed by atoms with Crippen molar-refractivity contribution < 1.29 is 0 Å². The van der Waals surface area contributed by atoms with Gasteiger partial charge in [0.2, 0.25) is 0 Å². The highest BCUT2D eigenvalue weighted by atomic mass is 32.2. The van der Waals surface area contributed by atoms with Crippen molar-refractivity contribution in [2.24, 2.45) is 5.73 Å². The Morgan fingerprint density at radius 3 is 3.14 bits per heavy atom. The van der Waals surface area contributed by atoms with Gasteiger partial charge in [0.25, 0.3) is 0 Å². The van der Waals surface area contributed by atoms with Crippen molar-refractivity contribution in [3.63, 3.8) is 0 Å². The fourth-order valence-electron chi connectivity index (χ4n) is 1.63. The van der Waals surface area contributed by atoms with Crippen molar-refractivity contribution >= 4 is 23.1 Å². The van der Waals surface area contributed by atoms with E-state index in [9.17, 15) is 0 Å². The quantitative estimate of drug-likeness (QED) is 0.864. The molecule has 0 spiro atoms. The van der Waals surface area contributed by atoms with Gasteiger partial charge in [0.15, 0.2) is 0 Å². The molecule has 2 heterocycles. The standard InChI is InChI=1S/C10H16N2S2/c1-7(11)9-6-14-10(12-9)5-8-3-2-4-13-8/h6-8H,2-5,11H2,1H3. The molecule has 0 radical (unpaired) electrons. The van der Waals surface area contributed by atoms with E-state index in [1.807, 2.05) is 6.92 Å². The minimum Gasteiger partial charge on any atom is -0.323 e. The second-order valence-corrected chi connectivity index (χ2v) is 6.14. The zero-order chi connectivity index (χ0) is 9.97. The van der Waals surface area contributed by atoms with Gasteiger partial charge in [-0.3, -0.25) is 0 Å².